The molecule has 4 rings (SSSR count). The van der Waals surface area contributed by atoms with Gasteiger partial charge in [-0.1, -0.05) is 35.9 Å². The van der Waals surface area contributed by atoms with Crippen molar-refractivity contribution in [2.45, 2.75) is 6.92 Å². The fourth-order valence-corrected chi connectivity index (χ4v) is 3.74. The molecule has 1 N–H and O–H groups in total. The number of aryl methyl sites for hydroxylation is 1. The molecule has 146 valence electrons. The Morgan fingerprint density at radius 2 is 1.89 bits per heavy atom. The van der Waals surface area contributed by atoms with Crippen LogP contribution in [-0.2, 0) is 0 Å². The molecule has 28 heavy (non-hydrogen) atoms. The highest BCUT2D eigenvalue weighted by Crippen LogP contribution is 2.23. The normalized spacial score (nSPS) is 15.1. The van der Waals surface area contributed by atoms with Crippen molar-refractivity contribution in [3.8, 4) is 5.75 Å². The first-order valence-electron chi connectivity index (χ1n) is 9.58. The topological polar surface area (TPSA) is 48.6 Å². The standard InChI is InChI=1S/C22H24ClN3O2/c1-16-6-7-17-15-20(24-19(17)14-16)22(27)26-10-8-25(9-11-26)12-13-28-21-5-3-2-4-18(21)23/h2-7,14-15,24H,8-13H2,1H3. The van der Waals surface area contributed by atoms with Gasteiger partial charge in [-0.25, -0.2) is 0 Å². The molecule has 2 aromatic carbocycles. The van der Waals surface area contributed by atoms with Crippen LogP contribution in [0.4, 0.5) is 0 Å². The fraction of sp³-hybridized carbons (Fsp3) is 0.318. The van der Waals surface area contributed by atoms with E-state index in [4.69, 9.17) is 16.3 Å². The minimum atomic E-state index is 0.0702. The summed E-state index contributed by atoms with van der Waals surface area (Å²) in [6, 6.07) is 15.6. The number of amides is 1. The second-order valence-corrected chi connectivity index (χ2v) is 7.59. The Bertz CT molecular complexity index is 977. The lowest BCUT2D eigenvalue weighted by molar-refractivity contribution is 0.0615. The first kappa shape index (κ1) is 18.8. The lowest BCUT2D eigenvalue weighted by atomic mass is 10.2. The molecule has 0 unspecified atom stereocenters. The number of aromatic amines is 1. The third-order valence-corrected chi connectivity index (χ3v) is 5.48. The molecule has 1 saturated heterocycles. The molecule has 0 aliphatic carbocycles. The molecule has 0 saturated carbocycles. The Hall–Kier alpha value is -2.50. The maximum absolute atomic E-state index is 12.8. The van der Waals surface area contributed by atoms with Crippen LogP contribution in [0.3, 0.4) is 0 Å². The van der Waals surface area contributed by atoms with E-state index >= 15 is 0 Å². The summed E-state index contributed by atoms with van der Waals surface area (Å²) in [4.78, 5) is 20.3. The molecule has 1 amide bonds. The zero-order chi connectivity index (χ0) is 19.5. The summed E-state index contributed by atoms with van der Waals surface area (Å²) in [6.07, 6.45) is 0. The highest BCUT2D eigenvalue weighted by Gasteiger charge is 2.23. The summed E-state index contributed by atoms with van der Waals surface area (Å²) in [5.74, 6) is 0.785. The zero-order valence-corrected chi connectivity index (χ0v) is 16.7. The van der Waals surface area contributed by atoms with Gasteiger partial charge in [0.05, 0.1) is 5.02 Å². The van der Waals surface area contributed by atoms with Crippen molar-refractivity contribution in [1.82, 2.24) is 14.8 Å². The number of carbonyl (C=O) groups is 1. The van der Waals surface area contributed by atoms with Gasteiger partial charge in [0.25, 0.3) is 5.91 Å². The quantitative estimate of drug-likeness (QED) is 0.708. The Balaban J connectivity index is 1.28. The molecule has 0 bridgehead atoms. The van der Waals surface area contributed by atoms with E-state index in [1.165, 1.54) is 5.56 Å². The Morgan fingerprint density at radius 1 is 1.11 bits per heavy atom. The number of piperazine rings is 1. The number of nitrogens with one attached hydrogen (secondary N) is 1. The van der Waals surface area contributed by atoms with Gasteiger partial charge in [0.15, 0.2) is 0 Å². The maximum Gasteiger partial charge on any atom is 0.270 e. The summed E-state index contributed by atoms with van der Waals surface area (Å²) >= 11 is 6.11. The van der Waals surface area contributed by atoms with Crippen LogP contribution in [0.2, 0.25) is 5.02 Å². The van der Waals surface area contributed by atoms with Crippen molar-refractivity contribution in [2.24, 2.45) is 0 Å². The van der Waals surface area contributed by atoms with Crippen molar-refractivity contribution in [3.05, 3.63) is 64.8 Å². The number of aromatic nitrogens is 1. The van der Waals surface area contributed by atoms with E-state index in [0.717, 1.165) is 43.6 Å². The molecule has 3 aromatic rings. The largest absolute Gasteiger partial charge is 0.491 e. The van der Waals surface area contributed by atoms with Gasteiger partial charge in [0.2, 0.25) is 0 Å². The predicted octanol–water partition coefficient (Wildman–Crippen LogP) is 3.97. The van der Waals surface area contributed by atoms with Gasteiger partial charge in [0.1, 0.15) is 18.1 Å². The number of nitrogens with zero attached hydrogens (tertiary/aromatic N) is 2. The zero-order valence-electron chi connectivity index (χ0n) is 16.0. The van der Waals surface area contributed by atoms with Gasteiger partial charge >= 0.3 is 0 Å². The number of rotatable bonds is 5. The lowest BCUT2D eigenvalue weighted by Crippen LogP contribution is -2.49. The number of halogens is 1. The summed E-state index contributed by atoms with van der Waals surface area (Å²) in [5, 5.41) is 1.70. The maximum atomic E-state index is 12.8. The van der Waals surface area contributed by atoms with E-state index in [0.29, 0.717) is 23.1 Å². The summed E-state index contributed by atoms with van der Waals surface area (Å²) in [5.41, 5.74) is 2.86. The highest BCUT2D eigenvalue weighted by atomic mass is 35.5. The molecule has 1 aromatic heterocycles. The van der Waals surface area contributed by atoms with Crippen LogP contribution in [0.1, 0.15) is 16.1 Å². The minimum Gasteiger partial charge on any atom is -0.491 e. The van der Waals surface area contributed by atoms with Gasteiger partial charge in [-0.15, -0.1) is 0 Å². The van der Waals surface area contributed by atoms with E-state index in [1.54, 1.807) is 0 Å². The summed E-state index contributed by atoms with van der Waals surface area (Å²) in [7, 11) is 0. The molecular weight excluding hydrogens is 374 g/mol. The molecule has 0 atom stereocenters. The van der Waals surface area contributed by atoms with Crippen LogP contribution in [-0.4, -0.2) is 60.0 Å². The number of benzene rings is 2. The van der Waals surface area contributed by atoms with Crippen LogP contribution in [0.15, 0.2) is 48.5 Å². The second-order valence-electron chi connectivity index (χ2n) is 7.19. The smallest absolute Gasteiger partial charge is 0.270 e. The van der Waals surface area contributed by atoms with Crippen molar-refractivity contribution in [2.75, 3.05) is 39.3 Å². The van der Waals surface area contributed by atoms with Gasteiger partial charge in [-0.2, -0.15) is 0 Å². The van der Waals surface area contributed by atoms with E-state index in [1.807, 2.05) is 35.2 Å². The molecule has 0 radical (unpaired) electrons. The Labute approximate surface area is 169 Å². The molecule has 2 heterocycles. The van der Waals surface area contributed by atoms with Crippen molar-refractivity contribution >= 4 is 28.4 Å². The molecule has 5 nitrogen and oxygen atoms in total. The summed E-state index contributed by atoms with van der Waals surface area (Å²) in [6.45, 7) is 6.58. The summed E-state index contributed by atoms with van der Waals surface area (Å²) < 4.78 is 5.77. The van der Waals surface area contributed by atoms with E-state index in [-0.39, 0.29) is 5.91 Å². The van der Waals surface area contributed by atoms with Gasteiger partial charge in [0, 0.05) is 43.6 Å². The van der Waals surface area contributed by atoms with Crippen molar-refractivity contribution < 1.29 is 9.53 Å². The third kappa shape index (κ3) is 4.16. The number of hydrogen-bond acceptors (Lipinski definition) is 3. The number of H-pyrrole nitrogens is 1. The van der Waals surface area contributed by atoms with Crippen LogP contribution in [0.25, 0.3) is 10.9 Å². The first-order chi connectivity index (χ1) is 13.6. The molecule has 1 aliphatic rings. The third-order valence-electron chi connectivity index (χ3n) is 5.17. The molecular formula is C22H24ClN3O2. The highest BCUT2D eigenvalue weighted by molar-refractivity contribution is 6.32. The van der Waals surface area contributed by atoms with Crippen LogP contribution >= 0.6 is 11.6 Å². The number of carbonyl (C=O) groups excluding carboxylic acids is 1. The van der Waals surface area contributed by atoms with Crippen molar-refractivity contribution in [1.29, 1.82) is 0 Å². The van der Waals surface area contributed by atoms with Crippen molar-refractivity contribution in [3.63, 3.8) is 0 Å². The average molecular weight is 398 g/mol. The van der Waals surface area contributed by atoms with E-state index in [9.17, 15) is 4.79 Å². The van der Waals surface area contributed by atoms with Gasteiger partial charge < -0.3 is 14.6 Å². The Morgan fingerprint density at radius 3 is 2.68 bits per heavy atom. The molecule has 1 fully saturated rings. The van der Waals surface area contributed by atoms with Gasteiger partial charge in [-0.3, -0.25) is 9.69 Å². The lowest BCUT2D eigenvalue weighted by Gasteiger charge is -2.34. The minimum absolute atomic E-state index is 0.0702. The SMILES string of the molecule is Cc1ccc2cc(C(=O)N3CCN(CCOc4ccccc4Cl)CC3)[nH]c2c1. The molecule has 0 spiro atoms. The van der Waals surface area contributed by atoms with E-state index < -0.39 is 0 Å². The number of para-hydroxylation sites is 1. The van der Waals surface area contributed by atoms with Crippen LogP contribution < -0.4 is 4.74 Å². The fourth-order valence-electron chi connectivity index (χ4n) is 3.55. The van der Waals surface area contributed by atoms with Gasteiger partial charge in [-0.05, 0) is 36.8 Å². The average Bonchev–Trinajstić information content (AvgIpc) is 3.12. The number of fused-ring (bicyclic) bond motifs is 1. The van der Waals surface area contributed by atoms with Crippen LogP contribution in [0, 0.1) is 6.92 Å². The van der Waals surface area contributed by atoms with Crippen LogP contribution in [0.5, 0.6) is 5.75 Å². The molecule has 6 heteroatoms. The number of ether oxygens (including phenoxy) is 1. The Kier molecular flexibility index (Phi) is 5.55. The number of hydrogen-bond donors (Lipinski definition) is 1. The predicted molar refractivity (Wildman–Crippen MR) is 112 cm³/mol. The first-order valence-corrected chi connectivity index (χ1v) is 9.96. The molecule has 1 aliphatic heterocycles. The second kappa shape index (κ2) is 8.25. The van der Waals surface area contributed by atoms with E-state index in [2.05, 4.69) is 35.0 Å². The monoisotopic (exact) mass is 397 g/mol.